The van der Waals surface area contributed by atoms with Crippen LogP contribution >= 0.6 is 11.6 Å². The summed E-state index contributed by atoms with van der Waals surface area (Å²) in [6.45, 7) is -0.0390. The zero-order valence-electron chi connectivity index (χ0n) is 13.1. The highest BCUT2D eigenvalue weighted by Gasteiger charge is 2.26. The smallest absolute Gasteiger partial charge is 0.356 e. The third-order valence-corrected chi connectivity index (χ3v) is 4.25. The maximum absolute atomic E-state index is 14.8. The molecule has 0 bridgehead atoms. The summed E-state index contributed by atoms with van der Waals surface area (Å²) in [4.78, 5) is 19.6. The summed E-state index contributed by atoms with van der Waals surface area (Å²) in [7, 11) is 0. The molecule has 8 heteroatoms. The Bertz CT molecular complexity index is 1090. The number of aromatic carboxylic acids is 1. The van der Waals surface area contributed by atoms with Gasteiger partial charge in [-0.1, -0.05) is 23.7 Å². The second kappa shape index (κ2) is 6.03. The van der Waals surface area contributed by atoms with Crippen LogP contribution in [-0.2, 0) is 6.54 Å². The molecular formula is C18H10ClF2N3O2. The highest BCUT2D eigenvalue weighted by atomic mass is 35.5. The summed E-state index contributed by atoms with van der Waals surface area (Å²) in [5.41, 5.74) is 0.475. The lowest BCUT2D eigenvalue weighted by atomic mass is 9.99. The number of aliphatic imine (C=N–C) groups is 1. The SMILES string of the molecule is O=C(O)c1cn2c(n1)CN=C(c1ccccc1F)c1cc(Cl)cc(F)c1-2. The average Bonchev–Trinajstić information content (AvgIpc) is 2.94. The van der Waals surface area contributed by atoms with E-state index in [1.807, 2.05) is 0 Å². The molecule has 0 saturated carbocycles. The minimum Gasteiger partial charge on any atom is -0.476 e. The van der Waals surface area contributed by atoms with Crippen molar-refractivity contribution in [2.45, 2.75) is 6.54 Å². The van der Waals surface area contributed by atoms with E-state index in [9.17, 15) is 13.6 Å². The molecule has 4 rings (SSSR count). The van der Waals surface area contributed by atoms with Crippen LogP contribution in [0.15, 0.2) is 47.6 Å². The number of carbonyl (C=O) groups is 1. The van der Waals surface area contributed by atoms with Crippen LogP contribution in [0.5, 0.6) is 0 Å². The number of nitrogens with zero attached hydrogens (tertiary/aromatic N) is 3. The Morgan fingerprint density at radius 3 is 2.65 bits per heavy atom. The zero-order valence-corrected chi connectivity index (χ0v) is 13.8. The highest BCUT2D eigenvalue weighted by Crippen LogP contribution is 2.31. The largest absolute Gasteiger partial charge is 0.476 e. The van der Waals surface area contributed by atoms with Crippen molar-refractivity contribution in [1.29, 1.82) is 0 Å². The molecule has 0 radical (unpaired) electrons. The summed E-state index contributed by atoms with van der Waals surface area (Å²) in [5.74, 6) is -2.20. The number of halogens is 3. The van der Waals surface area contributed by atoms with Gasteiger partial charge >= 0.3 is 5.97 Å². The van der Waals surface area contributed by atoms with Gasteiger partial charge < -0.3 is 5.11 Å². The molecule has 1 aromatic heterocycles. The molecule has 2 heterocycles. The lowest BCUT2D eigenvalue weighted by molar-refractivity contribution is 0.0691. The molecular weight excluding hydrogens is 364 g/mol. The van der Waals surface area contributed by atoms with Crippen molar-refractivity contribution in [3.05, 3.63) is 81.9 Å². The molecule has 0 unspecified atom stereocenters. The highest BCUT2D eigenvalue weighted by molar-refractivity contribution is 6.31. The first-order chi connectivity index (χ1) is 12.5. The summed E-state index contributed by atoms with van der Waals surface area (Å²) in [5, 5.41) is 9.27. The predicted molar refractivity (Wildman–Crippen MR) is 91.2 cm³/mol. The Morgan fingerprint density at radius 2 is 1.92 bits per heavy atom. The normalized spacial score (nSPS) is 12.8. The third kappa shape index (κ3) is 2.57. The molecule has 0 atom stereocenters. The van der Waals surface area contributed by atoms with E-state index in [1.165, 1.54) is 29.0 Å². The van der Waals surface area contributed by atoms with Gasteiger partial charge in [0.1, 0.15) is 17.5 Å². The quantitative estimate of drug-likeness (QED) is 0.741. The van der Waals surface area contributed by atoms with Crippen molar-refractivity contribution in [3.8, 4) is 5.69 Å². The van der Waals surface area contributed by atoms with Crippen LogP contribution in [0, 0.1) is 11.6 Å². The van der Waals surface area contributed by atoms with Gasteiger partial charge in [0.25, 0.3) is 0 Å². The number of hydrogen-bond donors (Lipinski definition) is 1. The summed E-state index contributed by atoms with van der Waals surface area (Å²) < 4.78 is 30.4. The number of rotatable bonds is 2. The van der Waals surface area contributed by atoms with E-state index in [0.29, 0.717) is 0 Å². The van der Waals surface area contributed by atoms with Gasteiger partial charge in [0, 0.05) is 22.3 Å². The maximum atomic E-state index is 14.8. The number of carboxylic acid groups (broad SMARTS) is 1. The summed E-state index contributed by atoms with van der Waals surface area (Å²) in [6, 6.07) is 8.58. The minimum absolute atomic E-state index is 0.0314. The molecule has 2 aromatic carbocycles. The van der Waals surface area contributed by atoms with Gasteiger partial charge in [0.2, 0.25) is 0 Å². The second-order valence-corrected chi connectivity index (χ2v) is 6.08. The molecule has 3 aromatic rings. The molecule has 0 aliphatic carbocycles. The molecule has 0 saturated heterocycles. The predicted octanol–water partition coefficient (Wildman–Crippen LogP) is 3.85. The van der Waals surface area contributed by atoms with E-state index in [-0.39, 0.29) is 45.6 Å². The van der Waals surface area contributed by atoms with Gasteiger partial charge in [-0.05, 0) is 24.3 Å². The van der Waals surface area contributed by atoms with E-state index in [0.717, 1.165) is 6.07 Å². The monoisotopic (exact) mass is 373 g/mol. The van der Waals surface area contributed by atoms with Crippen LogP contribution < -0.4 is 0 Å². The molecule has 0 amide bonds. The fourth-order valence-corrected chi connectivity index (χ4v) is 3.14. The molecule has 26 heavy (non-hydrogen) atoms. The lowest BCUT2D eigenvalue weighted by Gasteiger charge is -2.13. The Balaban J connectivity index is 2.03. The summed E-state index contributed by atoms with van der Waals surface area (Å²) >= 11 is 6.00. The van der Waals surface area contributed by atoms with E-state index >= 15 is 0 Å². The van der Waals surface area contributed by atoms with Crippen molar-refractivity contribution in [2.75, 3.05) is 0 Å². The van der Waals surface area contributed by atoms with Crippen LogP contribution in [-0.4, -0.2) is 26.3 Å². The van der Waals surface area contributed by atoms with Gasteiger partial charge in [0.15, 0.2) is 5.69 Å². The molecule has 0 spiro atoms. The van der Waals surface area contributed by atoms with E-state index in [4.69, 9.17) is 16.7 Å². The number of aromatic nitrogens is 2. The zero-order chi connectivity index (χ0) is 18.4. The van der Waals surface area contributed by atoms with E-state index in [1.54, 1.807) is 12.1 Å². The fraction of sp³-hybridized carbons (Fsp3) is 0.0556. The van der Waals surface area contributed by atoms with E-state index < -0.39 is 17.6 Å². The van der Waals surface area contributed by atoms with Crippen LogP contribution in [0.25, 0.3) is 5.69 Å². The lowest BCUT2D eigenvalue weighted by Crippen LogP contribution is -2.10. The van der Waals surface area contributed by atoms with Crippen molar-refractivity contribution < 1.29 is 18.7 Å². The molecule has 130 valence electrons. The first-order valence-electron chi connectivity index (χ1n) is 7.56. The van der Waals surface area contributed by atoms with Crippen LogP contribution in [0.3, 0.4) is 0 Å². The van der Waals surface area contributed by atoms with Crippen LogP contribution in [0.2, 0.25) is 5.02 Å². The minimum atomic E-state index is -1.24. The van der Waals surface area contributed by atoms with Crippen molar-refractivity contribution in [1.82, 2.24) is 9.55 Å². The second-order valence-electron chi connectivity index (χ2n) is 5.65. The van der Waals surface area contributed by atoms with Gasteiger partial charge in [-0.15, -0.1) is 0 Å². The Morgan fingerprint density at radius 1 is 1.15 bits per heavy atom. The Kier molecular flexibility index (Phi) is 3.81. The topological polar surface area (TPSA) is 67.5 Å². The molecule has 0 fully saturated rings. The van der Waals surface area contributed by atoms with Crippen LogP contribution in [0.4, 0.5) is 8.78 Å². The summed E-state index contributed by atoms with van der Waals surface area (Å²) in [6.07, 6.45) is 1.22. The Hall–Kier alpha value is -3.06. The molecule has 1 aliphatic heterocycles. The van der Waals surface area contributed by atoms with E-state index in [2.05, 4.69) is 9.98 Å². The van der Waals surface area contributed by atoms with Crippen molar-refractivity contribution >= 4 is 23.3 Å². The standard InChI is InChI=1S/C18H10ClF2N3O2/c19-9-5-11-16(10-3-1-2-4-12(10)20)22-7-15-23-14(18(25)26)8-24(15)17(11)13(21)6-9/h1-6,8H,7H2,(H,25,26). The molecule has 5 nitrogen and oxygen atoms in total. The average molecular weight is 374 g/mol. The molecule has 1 aliphatic rings. The number of fused-ring (bicyclic) bond motifs is 3. The van der Waals surface area contributed by atoms with Crippen LogP contribution in [0.1, 0.15) is 27.4 Å². The number of carboxylic acids is 1. The fourth-order valence-electron chi connectivity index (χ4n) is 2.94. The number of imidazole rings is 1. The first kappa shape index (κ1) is 16.4. The van der Waals surface area contributed by atoms with Crippen molar-refractivity contribution in [2.24, 2.45) is 4.99 Å². The van der Waals surface area contributed by atoms with Gasteiger partial charge in [-0.2, -0.15) is 0 Å². The third-order valence-electron chi connectivity index (χ3n) is 4.03. The van der Waals surface area contributed by atoms with Crippen molar-refractivity contribution in [3.63, 3.8) is 0 Å². The van der Waals surface area contributed by atoms with Gasteiger partial charge in [0.05, 0.1) is 17.9 Å². The Labute approximate surface area is 151 Å². The number of hydrogen-bond acceptors (Lipinski definition) is 3. The molecule has 1 N–H and O–H groups in total. The number of benzene rings is 2. The van der Waals surface area contributed by atoms with Gasteiger partial charge in [-0.3, -0.25) is 9.56 Å². The maximum Gasteiger partial charge on any atom is 0.356 e. The first-order valence-corrected chi connectivity index (χ1v) is 7.94. The van der Waals surface area contributed by atoms with Gasteiger partial charge in [-0.25, -0.2) is 18.6 Å².